The first-order valence-corrected chi connectivity index (χ1v) is 6.26. The summed E-state index contributed by atoms with van der Waals surface area (Å²) in [5, 5.41) is 0.476. The molecule has 2 atom stereocenters. The number of hydrogen-bond donors (Lipinski definition) is 1. The van der Waals surface area contributed by atoms with Crippen LogP contribution in [0.5, 0.6) is 0 Å². The van der Waals surface area contributed by atoms with Crippen LogP contribution in [-0.2, 0) is 16.6 Å². The molecule has 2 rings (SSSR count). The molecule has 2 heterocycles. The highest BCUT2D eigenvalue weighted by atomic mass is 35.5. The van der Waals surface area contributed by atoms with E-state index in [1.54, 1.807) is 31.0 Å². The lowest BCUT2D eigenvalue weighted by atomic mass is 10.2. The number of amides is 2. The van der Waals surface area contributed by atoms with Gasteiger partial charge in [-0.05, 0) is 6.07 Å². The van der Waals surface area contributed by atoms with E-state index in [1.807, 2.05) is 0 Å². The lowest BCUT2D eigenvalue weighted by Crippen LogP contribution is -2.44. The maximum Gasteiger partial charge on any atom is 0.271 e. The largest absolute Gasteiger partial charge is 0.380 e. The molecular formula is C12H16ClN3O3. The molecule has 1 aromatic heterocycles. The third-order valence-electron chi connectivity index (χ3n) is 3.38. The van der Waals surface area contributed by atoms with E-state index in [1.165, 1.54) is 4.90 Å². The number of primary amides is 1. The SMILES string of the molecule is CO[C@H]1C[C@@H](C(N)=O)N(C(=O)c2cc(Cl)cn2C)C1. The van der Waals surface area contributed by atoms with Gasteiger partial charge in [-0.15, -0.1) is 0 Å². The van der Waals surface area contributed by atoms with Gasteiger partial charge in [0.25, 0.3) is 5.91 Å². The highest BCUT2D eigenvalue weighted by Crippen LogP contribution is 2.23. The third kappa shape index (κ3) is 2.59. The summed E-state index contributed by atoms with van der Waals surface area (Å²) in [4.78, 5) is 25.3. The summed E-state index contributed by atoms with van der Waals surface area (Å²) >= 11 is 5.86. The Hall–Kier alpha value is -1.53. The zero-order chi connectivity index (χ0) is 14.2. The van der Waals surface area contributed by atoms with Crippen molar-refractivity contribution >= 4 is 23.4 Å². The van der Waals surface area contributed by atoms with Crippen molar-refractivity contribution < 1.29 is 14.3 Å². The first-order valence-electron chi connectivity index (χ1n) is 5.89. The summed E-state index contributed by atoms with van der Waals surface area (Å²) in [6.45, 7) is 0.353. The van der Waals surface area contributed by atoms with Crippen LogP contribution >= 0.6 is 11.6 Å². The summed E-state index contributed by atoms with van der Waals surface area (Å²) in [5.74, 6) is -0.786. The summed E-state index contributed by atoms with van der Waals surface area (Å²) < 4.78 is 6.84. The van der Waals surface area contributed by atoms with E-state index in [9.17, 15) is 9.59 Å². The Bertz CT molecular complexity index is 514. The molecule has 0 aromatic carbocycles. The van der Waals surface area contributed by atoms with Crippen LogP contribution in [0.25, 0.3) is 0 Å². The number of likely N-dealkylation sites (tertiary alicyclic amines) is 1. The molecule has 0 aliphatic carbocycles. The Morgan fingerprint density at radius 3 is 2.68 bits per heavy atom. The maximum atomic E-state index is 12.4. The lowest BCUT2D eigenvalue weighted by molar-refractivity contribution is -0.121. The number of ether oxygens (including phenoxy) is 1. The van der Waals surface area contributed by atoms with E-state index >= 15 is 0 Å². The number of rotatable bonds is 3. The molecule has 0 unspecified atom stereocenters. The minimum Gasteiger partial charge on any atom is -0.380 e. The Morgan fingerprint density at radius 2 is 2.21 bits per heavy atom. The molecule has 104 valence electrons. The van der Waals surface area contributed by atoms with Crippen LogP contribution in [0, 0.1) is 0 Å². The average Bonchev–Trinajstić information content (AvgIpc) is 2.91. The Labute approximate surface area is 116 Å². The van der Waals surface area contributed by atoms with Crippen molar-refractivity contribution in [1.29, 1.82) is 0 Å². The Morgan fingerprint density at radius 1 is 1.53 bits per heavy atom. The van der Waals surface area contributed by atoms with Gasteiger partial charge >= 0.3 is 0 Å². The van der Waals surface area contributed by atoms with Gasteiger partial charge in [0, 0.05) is 33.3 Å². The van der Waals surface area contributed by atoms with Gasteiger partial charge in [0.2, 0.25) is 5.91 Å². The highest BCUT2D eigenvalue weighted by molar-refractivity contribution is 6.31. The van der Waals surface area contributed by atoms with E-state index in [2.05, 4.69) is 0 Å². The van der Waals surface area contributed by atoms with Crippen molar-refractivity contribution in [2.45, 2.75) is 18.6 Å². The molecule has 19 heavy (non-hydrogen) atoms. The molecule has 0 spiro atoms. The van der Waals surface area contributed by atoms with Gasteiger partial charge in [-0.1, -0.05) is 11.6 Å². The summed E-state index contributed by atoms with van der Waals surface area (Å²) in [6, 6.07) is 0.938. The fourth-order valence-electron chi connectivity index (χ4n) is 2.35. The quantitative estimate of drug-likeness (QED) is 0.873. The zero-order valence-corrected chi connectivity index (χ0v) is 11.6. The van der Waals surface area contributed by atoms with Gasteiger partial charge in [0.15, 0.2) is 0 Å². The average molecular weight is 286 g/mol. The van der Waals surface area contributed by atoms with Crippen molar-refractivity contribution in [1.82, 2.24) is 9.47 Å². The molecule has 6 nitrogen and oxygen atoms in total. The van der Waals surface area contributed by atoms with Gasteiger partial charge < -0.3 is 19.9 Å². The van der Waals surface area contributed by atoms with Crippen LogP contribution in [0.15, 0.2) is 12.3 Å². The molecule has 2 amide bonds. The van der Waals surface area contributed by atoms with Gasteiger partial charge in [-0.3, -0.25) is 9.59 Å². The van der Waals surface area contributed by atoms with Crippen molar-refractivity contribution in [2.75, 3.05) is 13.7 Å². The highest BCUT2D eigenvalue weighted by Gasteiger charge is 2.39. The van der Waals surface area contributed by atoms with Crippen LogP contribution < -0.4 is 5.73 Å². The lowest BCUT2D eigenvalue weighted by Gasteiger charge is -2.22. The van der Waals surface area contributed by atoms with E-state index in [-0.39, 0.29) is 12.0 Å². The van der Waals surface area contributed by atoms with E-state index in [0.717, 1.165) is 0 Å². The van der Waals surface area contributed by atoms with Crippen molar-refractivity contribution in [3.8, 4) is 0 Å². The van der Waals surface area contributed by atoms with Crippen molar-refractivity contribution in [3.63, 3.8) is 0 Å². The number of carbonyl (C=O) groups is 2. The smallest absolute Gasteiger partial charge is 0.271 e. The summed E-state index contributed by atoms with van der Waals surface area (Å²) in [6.07, 6.45) is 1.89. The number of nitrogens with zero attached hydrogens (tertiary/aromatic N) is 2. The minimum atomic E-state index is -0.633. The minimum absolute atomic E-state index is 0.169. The number of nitrogens with two attached hydrogens (primary N) is 1. The monoisotopic (exact) mass is 285 g/mol. The van der Waals surface area contributed by atoms with E-state index in [4.69, 9.17) is 22.1 Å². The van der Waals surface area contributed by atoms with Crippen LogP contribution in [0.3, 0.4) is 0 Å². The molecule has 0 bridgehead atoms. The van der Waals surface area contributed by atoms with E-state index < -0.39 is 11.9 Å². The first-order chi connectivity index (χ1) is 8.93. The third-order valence-corrected chi connectivity index (χ3v) is 3.58. The molecule has 1 aromatic rings. The standard InChI is InChI=1S/C12H16ClN3O3/c1-15-5-7(13)3-10(15)12(18)16-6-8(19-2)4-9(16)11(14)17/h3,5,8-9H,4,6H2,1-2H3,(H2,14,17)/t8-,9-/m0/s1. The molecule has 1 aliphatic rings. The van der Waals surface area contributed by atoms with Crippen LogP contribution in [0.1, 0.15) is 16.9 Å². The fraction of sp³-hybridized carbons (Fsp3) is 0.500. The van der Waals surface area contributed by atoms with Crippen LogP contribution in [0.4, 0.5) is 0 Å². The van der Waals surface area contributed by atoms with Gasteiger partial charge in [0.05, 0.1) is 11.1 Å². The van der Waals surface area contributed by atoms with Gasteiger partial charge in [-0.2, -0.15) is 0 Å². The van der Waals surface area contributed by atoms with Crippen molar-refractivity contribution in [3.05, 3.63) is 23.0 Å². The van der Waals surface area contributed by atoms with Gasteiger partial charge in [-0.25, -0.2) is 0 Å². The second-order valence-corrected chi connectivity index (χ2v) is 5.06. The molecule has 2 N–H and O–H groups in total. The maximum absolute atomic E-state index is 12.4. The molecule has 1 aliphatic heterocycles. The second kappa shape index (κ2) is 5.22. The number of carbonyl (C=O) groups excluding carboxylic acids is 2. The number of aryl methyl sites for hydroxylation is 1. The van der Waals surface area contributed by atoms with Crippen molar-refractivity contribution in [2.24, 2.45) is 12.8 Å². The predicted molar refractivity (Wildman–Crippen MR) is 69.9 cm³/mol. The molecule has 0 saturated carbocycles. The summed E-state index contributed by atoms with van der Waals surface area (Å²) in [5.41, 5.74) is 5.77. The molecule has 0 radical (unpaired) electrons. The van der Waals surface area contributed by atoms with E-state index in [0.29, 0.717) is 23.7 Å². The second-order valence-electron chi connectivity index (χ2n) is 4.62. The van der Waals surface area contributed by atoms with Gasteiger partial charge in [0.1, 0.15) is 11.7 Å². The Kier molecular flexibility index (Phi) is 3.82. The van der Waals surface area contributed by atoms with Crippen LogP contribution in [0.2, 0.25) is 5.02 Å². The summed E-state index contributed by atoms with van der Waals surface area (Å²) in [7, 11) is 3.28. The molecular weight excluding hydrogens is 270 g/mol. The number of halogens is 1. The normalized spacial score (nSPS) is 22.8. The Balaban J connectivity index is 2.26. The first kappa shape index (κ1) is 13.9. The topological polar surface area (TPSA) is 77.6 Å². The molecule has 1 fully saturated rings. The van der Waals surface area contributed by atoms with Crippen LogP contribution in [-0.4, -0.2) is 47.1 Å². The zero-order valence-electron chi connectivity index (χ0n) is 10.8. The number of hydrogen-bond acceptors (Lipinski definition) is 3. The fourth-order valence-corrected chi connectivity index (χ4v) is 2.60. The number of aromatic nitrogens is 1. The molecule has 1 saturated heterocycles. The predicted octanol–water partition coefficient (Wildman–Crippen LogP) is 0.393. The number of methoxy groups -OCH3 is 1. The molecule has 7 heteroatoms.